The van der Waals surface area contributed by atoms with E-state index in [0.29, 0.717) is 50.0 Å². The largest absolute Gasteiger partial charge is 0.497 e. The quantitative estimate of drug-likeness (QED) is 0.395. The van der Waals surface area contributed by atoms with Crippen molar-refractivity contribution in [3.8, 4) is 11.5 Å². The Hall–Kier alpha value is -2.73. The third-order valence-electron chi connectivity index (χ3n) is 6.08. The Morgan fingerprint density at radius 2 is 1.86 bits per heavy atom. The minimum atomic E-state index is -3.86. The monoisotopic (exact) mass is 532 g/mol. The molecule has 4 rings (SSSR count). The molecule has 0 bridgehead atoms. The summed E-state index contributed by atoms with van der Waals surface area (Å²) in [6.07, 6.45) is 1.08. The zero-order valence-electron chi connectivity index (χ0n) is 21.0. The van der Waals surface area contributed by atoms with E-state index in [1.54, 1.807) is 17.0 Å². The molecule has 0 spiro atoms. The fourth-order valence-electron chi connectivity index (χ4n) is 4.20. The molecule has 194 valence electrons. The lowest BCUT2D eigenvalue weighted by atomic mass is 10.2. The van der Waals surface area contributed by atoms with Crippen LogP contribution in [0.5, 0.6) is 11.5 Å². The third-order valence-corrected chi connectivity index (χ3v) is 9.05. The van der Waals surface area contributed by atoms with Gasteiger partial charge < -0.3 is 14.4 Å². The van der Waals surface area contributed by atoms with E-state index < -0.39 is 16.1 Å². The molecular formula is C25H32N4O5S2. The molecule has 0 saturated carbocycles. The lowest BCUT2D eigenvalue weighted by molar-refractivity contribution is -0.121. The van der Waals surface area contributed by atoms with Crippen LogP contribution in [0.15, 0.2) is 47.4 Å². The number of anilines is 1. The molecule has 0 aliphatic carbocycles. The van der Waals surface area contributed by atoms with Crippen LogP contribution in [0.2, 0.25) is 0 Å². The number of hydrogen-bond acceptors (Lipinski definition) is 8. The first-order chi connectivity index (χ1) is 17.2. The standard InChI is InChI=1S/C25H32N4O5S2/c1-5-34-19-10-13-21-23(17-19)35-25(26-21)28(16-15-27(2)3)24(30)22-7-6-14-29(22)36(31,32)20-11-8-18(33-4)9-12-20/h8-13,17,22H,5-7,14-16H2,1-4H3. The van der Waals surface area contributed by atoms with Crippen LogP contribution >= 0.6 is 11.3 Å². The Bertz CT molecular complexity index is 1310. The Balaban J connectivity index is 1.65. The Morgan fingerprint density at radius 3 is 2.53 bits per heavy atom. The van der Waals surface area contributed by atoms with E-state index in [9.17, 15) is 13.2 Å². The predicted molar refractivity (Wildman–Crippen MR) is 142 cm³/mol. The van der Waals surface area contributed by atoms with Gasteiger partial charge in [0.2, 0.25) is 15.9 Å². The van der Waals surface area contributed by atoms with Crippen LogP contribution in [0.3, 0.4) is 0 Å². The van der Waals surface area contributed by atoms with Gasteiger partial charge in [-0.25, -0.2) is 13.4 Å². The van der Waals surface area contributed by atoms with Crippen molar-refractivity contribution in [1.29, 1.82) is 0 Å². The summed E-state index contributed by atoms with van der Waals surface area (Å²) in [4.78, 5) is 22.4. The van der Waals surface area contributed by atoms with Crippen LogP contribution in [0.4, 0.5) is 5.13 Å². The molecule has 1 atom stereocenters. The number of fused-ring (bicyclic) bond motifs is 1. The second kappa shape index (κ2) is 11.1. The van der Waals surface area contributed by atoms with Crippen molar-refractivity contribution < 1.29 is 22.7 Å². The van der Waals surface area contributed by atoms with Crippen LogP contribution in [-0.4, -0.2) is 82.0 Å². The molecule has 0 N–H and O–H groups in total. The zero-order chi connectivity index (χ0) is 25.9. The highest BCUT2D eigenvalue weighted by Gasteiger charge is 2.42. The van der Waals surface area contributed by atoms with Crippen molar-refractivity contribution in [2.24, 2.45) is 0 Å². The molecule has 2 aromatic carbocycles. The van der Waals surface area contributed by atoms with Gasteiger partial charge in [-0.2, -0.15) is 4.31 Å². The van der Waals surface area contributed by atoms with E-state index in [1.165, 1.54) is 34.9 Å². The van der Waals surface area contributed by atoms with Gasteiger partial charge in [-0.05, 0) is 76.3 Å². The molecule has 9 nitrogen and oxygen atoms in total. The number of nitrogens with zero attached hydrogens (tertiary/aromatic N) is 4. The second-order valence-electron chi connectivity index (χ2n) is 8.80. The smallest absolute Gasteiger partial charge is 0.247 e. The summed E-state index contributed by atoms with van der Waals surface area (Å²) in [7, 11) is 1.55. The van der Waals surface area contributed by atoms with Crippen molar-refractivity contribution in [2.45, 2.75) is 30.7 Å². The molecule has 0 radical (unpaired) electrons. The van der Waals surface area contributed by atoms with Gasteiger partial charge in [-0.1, -0.05) is 11.3 Å². The fraction of sp³-hybridized carbons (Fsp3) is 0.440. The molecule has 1 aliphatic rings. The number of sulfonamides is 1. The summed E-state index contributed by atoms with van der Waals surface area (Å²) < 4.78 is 40.0. The van der Waals surface area contributed by atoms with Gasteiger partial charge in [0.15, 0.2) is 5.13 Å². The molecule has 3 aromatic rings. The van der Waals surface area contributed by atoms with E-state index in [1.807, 2.05) is 44.1 Å². The highest BCUT2D eigenvalue weighted by atomic mass is 32.2. The van der Waals surface area contributed by atoms with Gasteiger partial charge in [0.1, 0.15) is 17.5 Å². The number of methoxy groups -OCH3 is 1. The maximum Gasteiger partial charge on any atom is 0.247 e. The van der Waals surface area contributed by atoms with E-state index in [-0.39, 0.29) is 10.8 Å². The van der Waals surface area contributed by atoms with Crippen LogP contribution in [0, 0.1) is 0 Å². The second-order valence-corrected chi connectivity index (χ2v) is 11.7. The van der Waals surface area contributed by atoms with E-state index in [2.05, 4.69) is 0 Å². The molecule has 1 saturated heterocycles. The summed E-state index contributed by atoms with van der Waals surface area (Å²) in [5.41, 5.74) is 0.773. The minimum absolute atomic E-state index is 0.145. The number of aromatic nitrogens is 1. The van der Waals surface area contributed by atoms with E-state index >= 15 is 0 Å². The highest BCUT2D eigenvalue weighted by molar-refractivity contribution is 7.89. The average molecular weight is 533 g/mol. The number of hydrogen-bond donors (Lipinski definition) is 0. The first-order valence-corrected chi connectivity index (χ1v) is 14.2. The fourth-order valence-corrected chi connectivity index (χ4v) is 6.88. The topological polar surface area (TPSA) is 92.3 Å². The Morgan fingerprint density at radius 1 is 1.14 bits per heavy atom. The summed E-state index contributed by atoms with van der Waals surface area (Å²) in [6, 6.07) is 11.1. The van der Waals surface area contributed by atoms with Crippen LogP contribution in [0.25, 0.3) is 10.2 Å². The molecule has 1 amide bonds. The summed E-state index contributed by atoms with van der Waals surface area (Å²) in [5, 5.41) is 0.555. The van der Waals surface area contributed by atoms with Gasteiger partial charge in [0.05, 0.1) is 28.8 Å². The van der Waals surface area contributed by atoms with Crippen molar-refractivity contribution in [3.05, 3.63) is 42.5 Å². The molecule has 1 fully saturated rings. The van der Waals surface area contributed by atoms with E-state index in [0.717, 1.165) is 16.0 Å². The van der Waals surface area contributed by atoms with Crippen LogP contribution in [-0.2, 0) is 14.8 Å². The Kier molecular flexibility index (Phi) is 8.13. The SMILES string of the molecule is CCOc1ccc2nc(N(CCN(C)C)C(=O)C3CCCN3S(=O)(=O)c3ccc(OC)cc3)sc2c1. The number of carbonyl (C=O) groups is 1. The number of benzene rings is 2. The molecule has 36 heavy (non-hydrogen) atoms. The van der Waals surface area contributed by atoms with Crippen LogP contribution < -0.4 is 14.4 Å². The first-order valence-electron chi connectivity index (χ1n) is 11.9. The summed E-state index contributed by atoms with van der Waals surface area (Å²) in [5.74, 6) is 1.07. The third kappa shape index (κ3) is 5.49. The molecule has 1 aliphatic heterocycles. The average Bonchev–Trinajstić information content (AvgIpc) is 3.52. The molecule has 2 heterocycles. The van der Waals surface area contributed by atoms with Gasteiger partial charge >= 0.3 is 0 Å². The van der Waals surface area contributed by atoms with Crippen molar-refractivity contribution in [3.63, 3.8) is 0 Å². The number of amides is 1. The van der Waals surface area contributed by atoms with Crippen molar-refractivity contribution in [2.75, 3.05) is 52.3 Å². The zero-order valence-corrected chi connectivity index (χ0v) is 22.6. The maximum atomic E-state index is 13.9. The number of thiazole rings is 1. The van der Waals surface area contributed by atoms with Gasteiger partial charge in [-0.3, -0.25) is 9.69 Å². The number of ether oxygens (including phenoxy) is 2. The molecular weight excluding hydrogens is 500 g/mol. The van der Waals surface area contributed by atoms with Gasteiger partial charge in [0.25, 0.3) is 0 Å². The lowest BCUT2D eigenvalue weighted by Gasteiger charge is -2.29. The van der Waals surface area contributed by atoms with Gasteiger partial charge in [0, 0.05) is 19.6 Å². The molecule has 1 aromatic heterocycles. The number of rotatable bonds is 10. The number of likely N-dealkylation sites (N-methyl/N-ethyl adjacent to an activating group) is 1. The lowest BCUT2D eigenvalue weighted by Crippen LogP contribution is -2.49. The molecule has 1 unspecified atom stereocenters. The van der Waals surface area contributed by atoms with Gasteiger partial charge in [-0.15, -0.1) is 0 Å². The van der Waals surface area contributed by atoms with Crippen molar-refractivity contribution >= 4 is 42.6 Å². The summed E-state index contributed by atoms with van der Waals surface area (Å²) in [6.45, 7) is 3.80. The van der Waals surface area contributed by atoms with Crippen molar-refractivity contribution in [1.82, 2.24) is 14.2 Å². The predicted octanol–water partition coefficient (Wildman–Crippen LogP) is 3.45. The van der Waals surface area contributed by atoms with Crippen LogP contribution in [0.1, 0.15) is 19.8 Å². The normalized spacial score (nSPS) is 16.5. The highest BCUT2D eigenvalue weighted by Crippen LogP contribution is 2.34. The minimum Gasteiger partial charge on any atom is -0.497 e. The Labute approximate surface area is 216 Å². The summed E-state index contributed by atoms with van der Waals surface area (Å²) >= 11 is 1.41. The first kappa shape index (κ1) is 26.3. The number of carbonyl (C=O) groups excluding carboxylic acids is 1. The molecule has 11 heteroatoms. The van der Waals surface area contributed by atoms with E-state index in [4.69, 9.17) is 14.5 Å². The maximum absolute atomic E-state index is 13.9.